The van der Waals surface area contributed by atoms with Crippen molar-refractivity contribution in [2.75, 3.05) is 7.11 Å². The summed E-state index contributed by atoms with van der Waals surface area (Å²) in [7, 11) is 1.62. The standard InChI is InChI=1S/C17H16N2O3/c1-22-13-6-4-5-12(11-13)17-14(8-9-16(20)21)19-10-3-2-7-15(19)18-17/h2-7,10-11H,8-9H2,1H3,(H,20,21). The molecule has 0 aliphatic rings. The summed E-state index contributed by atoms with van der Waals surface area (Å²) in [6.07, 6.45) is 2.40. The number of hydrogen-bond acceptors (Lipinski definition) is 3. The quantitative estimate of drug-likeness (QED) is 0.786. The van der Waals surface area contributed by atoms with Crippen molar-refractivity contribution >= 4 is 11.6 Å². The molecule has 0 radical (unpaired) electrons. The summed E-state index contributed by atoms with van der Waals surface area (Å²) in [6.45, 7) is 0. The zero-order valence-corrected chi connectivity index (χ0v) is 12.2. The highest BCUT2D eigenvalue weighted by atomic mass is 16.5. The van der Waals surface area contributed by atoms with Gasteiger partial charge in [-0.05, 0) is 24.3 Å². The van der Waals surface area contributed by atoms with E-state index in [2.05, 4.69) is 4.98 Å². The van der Waals surface area contributed by atoms with E-state index in [1.54, 1.807) is 7.11 Å². The lowest BCUT2D eigenvalue weighted by Crippen LogP contribution is -2.01. The third kappa shape index (κ3) is 2.65. The molecule has 2 heterocycles. The number of carboxylic acid groups (broad SMARTS) is 1. The minimum absolute atomic E-state index is 0.0691. The van der Waals surface area contributed by atoms with Crippen molar-refractivity contribution in [2.45, 2.75) is 12.8 Å². The third-order valence-corrected chi connectivity index (χ3v) is 3.55. The molecular weight excluding hydrogens is 280 g/mol. The summed E-state index contributed by atoms with van der Waals surface area (Å²) in [5.41, 5.74) is 3.42. The van der Waals surface area contributed by atoms with Crippen LogP contribution < -0.4 is 4.74 Å². The van der Waals surface area contributed by atoms with Crippen LogP contribution in [0.2, 0.25) is 0 Å². The summed E-state index contributed by atoms with van der Waals surface area (Å²) in [6, 6.07) is 13.4. The van der Waals surface area contributed by atoms with Gasteiger partial charge in [0.15, 0.2) is 0 Å². The van der Waals surface area contributed by atoms with Gasteiger partial charge in [-0.1, -0.05) is 18.2 Å². The molecule has 0 amide bonds. The monoisotopic (exact) mass is 296 g/mol. The van der Waals surface area contributed by atoms with Crippen LogP contribution in [0.25, 0.3) is 16.9 Å². The predicted octanol–water partition coefficient (Wildman–Crippen LogP) is 3.03. The number of ether oxygens (including phenoxy) is 1. The Balaban J connectivity index is 2.14. The molecule has 112 valence electrons. The number of rotatable bonds is 5. The molecule has 0 saturated heterocycles. The number of carbonyl (C=O) groups is 1. The molecule has 0 fully saturated rings. The van der Waals surface area contributed by atoms with Crippen LogP contribution in [0.1, 0.15) is 12.1 Å². The fraction of sp³-hybridized carbons (Fsp3) is 0.176. The van der Waals surface area contributed by atoms with E-state index in [0.29, 0.717) is 6.42 Å². The Labute approximate surface area is 127 Å². The molecule has 1 aromatic carbocycles. The number of benzene rings is 1. The van der Waals surface area contributed by atoms with Gasteiger partial charge in [-0.2, -0.15) is 0 Å². The van der Waals surface area contributed by atoms with Crippen LogP contribution in [0.4, 0.5) is 0 Å². The number of nitrogens with zero attached hydrogens (tertiary/aromatic N) is 2. The van der Waals surface area contributed by atoms with E-state index in [1.165, 1.54) is 0 Å². The van der Waals surface area contributed by atoms with Crippen LogP contribution in [-0.2, 0) is 11.2 Å². The van der Waals surface area contributed by atoms with Crippen LogP contribution in [0.5, 0.6) is 5.75 Å². The van der Waals surface area contributed by atoms with E-state index in [0.717, 1.165) is 28.3 Å². The maximum absolute atomic E-state index is 10.9. The molecule has 0 aliphatic heterocycles. The first kappa shape index (κ1) is 14.1. The van der Waals surface area contributed by atoms with Gasteiger partial charge < -0.3 is 14.2 Å². The minimum Gasteiger partial charge on any atom is -0.497 e. The molecule has 2 aromatic heterocycles. The Morgan fingerprint density at radius 3 is 2.91 bits per heavy atom. The molecule has 0 aliphatic carbocycles. The normalized spacial score (nSPS) is 10.8. The van der Waals surface area contributed by atoms with E-state index in [9.17, 15) is 4.79 Å². The molecule has 0 bridgehead atoms. The van der Waals surface area contributed by atoms with Crippen molar-refractivity contribution in [1.29, 1.82) is 0 Å². The number of aryl methyl sites for hydroxylation is 1. The topological polar surface area (TPSA) is 63.8 Å². The van der Waals surface area contributed by atoms with Gasteiger partial charge in [0, 0.05) is 18.2 Å². The lowest BCUT2D eigenvalue weighted by molar-refractivity contribution is -0.136. The van der Waals surface area contributed by atoms with Crippen molar-refractivity contribution in [2.24, 2.45) is 0 Å². The van der Waals surface area contributed by atoms with Crippen LogP contribution in [0, 0.1) is 0 Å². The first-order chi connectivity index (χ1) is 10.7. The van der Waals surface area contributed by atoms with E-state index >= 15 is 0 Å². The molecule has 1 N–H and O–H groups in total. The first-order valence-electron chi connectivity index (χ1n) is 7.01. The van der Waals surface area contributed by atoms with Crippen molar-refractivity contribution in [1.82, 2.24) is 9.38 Å². The van der Waals surface area contributed by atoms with Gasteiger partial charge >= 0.3 is 5.97 Å². The van der Waals surface area contributed by atoms with E-state index in [4.69, 9.17) is 9.84 Å². The Bertz CT molecular complexity index is 824. The van der Waals surface area contributed by atoms with Gasteiger partial charge in [-0.15, -0.1) is 0 Å². The summed E-state index contributed by atoms with van der Waals surface area (Å²) < 4.78 is 7.20. The lowest BCUT2D eigenvalue weighted by atomic mass is 10.1. The number of imidazole rings is 1. The van der Waals surface area contributed by atoms with Crippen molar-refractivity contribution < 1.29 is 14.6 Å². The Kier molecular flexibility index (Phi) is 3.78. The summed E-state index contributed by atoms with van der Waals surface area (Å²) in [5, 5.41) is 8.98. The number of aromatic nitrogens is 2. The van der Waals surface area contributed by atoms with Gasteiger partial charge in [0.2, 0.25) is 0 Å². The van der Waals surface area contributed by atoms with Crippen LogP contribution in [0.15, 0.2) is 48.7 Å². The van der Waals surface area contributed by atoms with Crippen LogP contribution in [0.3, 0.4) is 0 Å². The number of methoxy groups -OCH3 is 1. The molecule has 0 unspecified atom stereocenters. The number of aliphatic carboxylic acids is 1. The molecule has 5 nitrogen and oxygen atoms in total. The number of hydrogen-bond donors (Lipinski definition) is 1. The molecular formula is C17H16N2O3. The van der Waals surface area contributed by atoms with Gasteiger partial charge in [0.25, 0.3) is 0 Å². The van der Waals surface area contributed by atoms with Gasteiger partial charge in [0.1, 0.15) is 11.4 Å². The van der Waals surface area contributed by atoms with Gasteiger partial charge in [-0.25, -0.2) is 4.98 Å². The second-order valence-electron chi connectivity index (χ2n) is 4.96. The van der Waals surface area contributed by atoms with E-state index < -0.39 is 5.97 Å². The number of fused-ring (bicyclic) bond motifs is 1. The maximum Gasteiger partial charge on any atom is 0.303 e. The highest BCUT2D eigenvalue weighted by molar-refractivity contribution is 5.70. The molecule has 3 rings (SSSR count). The molecule has 5 heteroatoms. The Hall–Kier alpha value is -2.82. The summed E-state index contributed by atoms with van der Waals surface area (Å²) >= 11 is 0. The van der Waals surface area contributed by atoms with Gasteiger partial charge in [-0.3, -0.25) is 4.79 Å². The summed E-state index contributed by atoms with van der Waals surface area (Å²) in [5.74, 6) is -0.0683. The fourth-order valence-electron chi connectivity index (χ4n) is 2.51. The minimum atomic E-state index is -0.817. The molecule has 0 spiro atoms. The second-order valence-corrected chi connectivity index (χ2v) is 4.96. The average molecular weight is 296 g/mol. The predicted molar refractivity (Wildman–Crippen MR) is 83.1 cm³/mol. The van der Waals surface area contributed by atoms with Crippen molar-refractivity contribution in [3.05, 3.63) is 54.4 Å². The third-order valence-electron chi connectivity index (χ3n) is 3.55. The van der Waals surface area contributed by atoms with Crippen LogP contribution >= 0.6 is 0 Å². The van der Waals surface area contributed by atoms with Crippen molar-refractivity contribution in [3.8, 4) is 17.0 Å². The van der Waals surface area contributed by atoms with Gasteiger partial charge in [0.05, 0.1) is 24.9 Å². The molecule has 22 heavy (non-hydrogen) atoms. The maximum atomic E-state index is 10.9. The smallest absolute Gasteiger partial charge is 0.303 e. The molecule has 0 saturated carbocycles. The van der Waals surface area contributed by atoms with Crippen LogP contribution in [-0.4, -0.2) is 27.6 Å². The summed E-state index contributed by atoms with van der Waals surface area (Å²) in [4.78, 5) is 15.6. The average Bonchev–Trinajstić information content (AvgIpc) is 2.91. The van der Waals surface area contributed by atoms with E-state index in [-0.39, 0.29) is 6.42 Å². The Morgan fingerprint density at radius 1 is 1.27 bits per heavy atom. The fourth-order valence-corrected chi connectivity index (χ4v) is 2.51. The second kappa shape index (κ2) is 5.89. The Morgan fingerprint density at radius 2 is 2.14 bits per heavy atom. The SMILES string of the molecule is COc1cccc(-c2nc3ccccn3c2CCC(=O)O)c1. The largest absolute Gasteiger partial charge is 0.497 e. The van der Waals surface area contributed by atoms with Crippen molar-refractivity contribution in [3.63, 3.8) is 0 Å². The molecule has 3 aromatic rings. The highest BCUT2D eigenvalue weighted by Gasteiger charge is 2.15. The lowest BCUT2D eigenvalue weighted by Gasteiger charge is -2.05. The first-order valence-corrected chi connectivity index (χ1v) is 7.01. The number of pyridine rings is 1. The highest BCUT2D eigenvalue weighted by Crippen LogP contribution is 2.28. The zero-order valence-electron chi connectivity index (χ0n) is 12.2. The number of carboxylic acids is 1. The van der Waals surface area contributed by atoms with E-state index in [1.807, 2.05) is 53.1 Å². The zero-order chi connectivity index (χ0) is 15.5. The molecule has 0 atom stereocenters.